The molecule has 4 heteroatoms. The van der Waals surface area contributed by atoms with Crippen LogP contribution in [0.15, 0.2) is 0 Å². The lowest BCUT2D eigenvalue weighted by Crippen LogP contribution is -2.42. The number of nitrogens with one attached hydrogen (secondary N) is 1. The van der Waals surface area contributed by atoms with E-state index in [0.717, 1.165) is 18.8 Å². The highest BCUT2D eigenvalue weighted by atomic mass is 16.4. The molecule has 0 aromatic carbocycles. The predicted molar refractivity (Wildman–Crippen MR) is 68.1 cm³/mol. The topological polar surface area (TPSA) is 66.4 Å². The van der Waals surface area contributed by atoms with Gasteiger partial charge in [-0.15, -0.1) is 0 Å². The summed E-state index contributed by atoms with van der Waals surface area (Å²) >= 11 is 0. The van der Waals surface area contributed by atoms with Crippen LogP contribution >= 0.6 is 0 Å². The number of aliphatic carboxylic acids is 1. The van der Waals surface area contributed by atoms with E-state index in [9.17, 15) is 9.59 Å². The molecule has 0 bridgehead atoms. The maximum absolute atomic E-state index is 11.8. The second kappa shape index (κ2) is 5.72. The van der Waals surface area contributed by atoms with Crippen molar-refractivity contribution in [2.24, 2.45) is 11.3 Å². The zero-order valence-corrected chi connectivity index (χ0v) is 10.9. The lowest BCUT2D eigenvalue weighted by Gasteiger charge is -2.36. The second-order valence-corrected chi connectivity index (χ2v) is 5.90. The molecule has 0 unspecified atom stereocenters. The number of carbonyl (C=O) groups excluding carboxylic acids is 1. The molecule has 0 atom stereocenters. The summed E-state index contributed by atoms with van der Waals surface area (Å²) in [6.45, 7) is 0.708. The van der Waals surface area contributed by atoms with Gasteiger partial charge in [-0.25, -0.2) is 0 Å². The van der Waals surface area contributed by atoms with Gasteiger partial charge in [-0.05, 0) is 25.2 Å². The Morgan fingerprint density at radius 2 is 1.83 bits per heavy atom. The van der Waals surface area contributed by atoms with Gasteiger partial charge in [-0.3, -0.25) is 9.59 Å². The fourth-order valence-electron chi connectivity index (χ4n) is 3.15. The quantitative estimate of drug-likeness (QED) is 0.763. The van der Waals surface area contributed by atoms with E-state index in [1.807, 2.05) is 0 Å². The summed E-state index contributed by atoms with van der Waals surface area (Å²) in [6, 6.07) is 0. The van der Waals surface area contributed by atoms with Crippen molar-refractivity contribution in [1.82, 2.24) is 5.32 Å². The van der Waals surface area contributed by atoms with Crippen LogP contribution < -0.4 is 5.32 Å². The molecule has 0 aromatic heterocycles. The van der Waals surface area contributed by atoms with Gasteiger partial charge in [0.05, 0.1) is 5.41 Å². The molecule has 2 rings (SSSR count). The summed E-state index contributed by atoms with van der Waals surface area (Å²) < 4.78 is 0. The van der Waals surface area contributed by atoms with E-state index in [-0.39, 0.29) is 12.3 Å². The Kier molecular flexibility index (Phi) is 4.25. The molecule has 2 N–H and O–H groups in total. The minimum atomic E-state index is -0.806. The van der Waals surface area contributed by atoms with E-state index in [4.69, 9.17) is 5.11 Å². The Morgan fingerprint density at radius 1 is 1.17 bits per heavy atom. The Bertz CT molecular complexity index is 317. The molecule has 0 aliphatic heterocycles. The Morgan fingerprint density at radius 3 is 2.33 bits per heavy atom. The zero-order valence-electron chi connectivity index (χ0n) is 10.9. The molecule has 1 amide bonds. The SMILES string of the molecule is O=C(CC1(C(=O)O)CCC1)NCCC1CCCC1. The van der Waals surface area contributed by atoms with E-state index < -0.39 is 11.4 Å². The third-order valence-electron chi connectivity index (χ3n) is 4.61. The van der Waals surface area contributed by atoms with Crippen LogP contribution in [0.1, 0.15) is 57.8 Å². The molecule has 2 fully saturated rings. The summed E-state index contributed by atoms with van der Waals surface area (Å²) in [4.78, 5) is 22.9. The monoisotopic (exact) mass is 253 g/mol. The summed E-state index contributed by atoms with van der Waals surface area (Å²) in [7, 11) is 0. The van der Waals surface area contributed by atoms with Crippen molar-refractivity contribution >= 4 is 11.9 Å². The molecule has 2 aliphatic carbocycles. The van der Waals surface area contributed by atoms with E-state index in [1.54, 1.807) is 0 Å². The number of hydrogen-bond donors (Lipinski definition) is 2. The standard InChI is InChI=1S/C14H23NO3/c16-12(10-14(13(17)18)7-3-8-14)15-9-6-11-4-1-2-5-11/h11H,1-10H2,(H,15,16)(H,17,18). The Labute approximate surface area is 108 Å². The first-order valence-electron chi connectivity index (χ1n) is 7.12. The van der Waals surface area contributed by atoms with Crippen molar-refractivity contribution in [3.05, 3.63) is 0 Å². The molecule has 2 aliphatic rings. The van der Waals surface area contributed by atoms with Crippen molar-refractivity contribution in [2.75, 3.05) is 6.54 Å². The minimum Gasteiger partial charge on any atom is -0.481 e. The maximum atomic E-state index is 11.8. The highest BCUT2D eigenvalue weighted by Gasteiger charge is 2.45. The van der Waals surface area contributed by atoms with Gasteiger partial charge < -0.3 is 10.4 Å². The van der Waals surface area contributed by atoms with Crippen LogP contribution in [0.4, 0.5) is 0 Å². The van der Waals surface area contributed by atoms with Crippen LogP contribution in [0.3, 0.4) is 0 Å². The number of carboxylic acids is 1. The first kappa shape index (κ1) is 13.4. The number of amides is 1. The normalized spacial score (nSPS) is 22.4. The van der Waals surface area contributed by atoms with Crippen LogP contribution in [0, 0.1) is 11.3 Å². The van der Waals surface area contributed by atoms with Crippen molar-refractivity contribution in [1.29, 1.82) is 0 Å². The van der Waals surface area contributed by atoms with Gasteiger partial charge in [0.15, 0.2) is 0 Å². The molecule has 0 spiro atoms. The van der Waals surface area contributed by atoms with Crippen LogP contribution in [-0.2, 0) is 9.59 Å². The smallest absolute Gasteiger partial charge is 0.310 e. The average Bonchev–Trinajstić information content (AvgIpc) is 2.76. The predicted octanol–water partition coefficient (Wildman–Crippen LogP) is 2.33. The molecule has 2 saturated carbocycles. The fraction of sp³-hybridized carbons (Fsp3) is 0.857. The van der Waals surface area contributed by atoms with Gasteiger partial charge in [0, 0.05) is 13.0 Å². The minimum absolute atomic E-state index is 0.0879. The van der Waals surface area contributed by atoms with Crippen LogP contribution in [0.25, 0.3) is 0 Å². The van der Waals surface area contributed by atoms with E-state index in [0.29, 0.717) is 19.4 Å². The number of carbonyl (C=O) groups is 2. The summed E-state index contributed by atoms with van der Waals surface area (Å²) in [5.41, 5.74) is -0.753. The molecule has 0 radical (unpaired) electrons. The molecule has 18 heavy (non-hydrogen) atoms. The van der Waals surface area contributed by atoms with Crippen LogP contribution in [0.2, 0.25) is 0 Å². The first-order chi connectivity index (χ1) is 8.62. The van der Waals surface area contributed by atoms with Crippen molar-refractivity contribution in [3.8, 4) is 0 Å². The van der Waals surface area contributed by atoms with Crippen LogP contribution in [-0.4, -0.2) is 23.5 Å². The van der Waals surface area contributed by atoms with Gasteiger partial charge in [0.2, 0.25) is 5.91 Å². The molecule has 0 heterocycles. The highest BCUT2D eigenvalue weighted by Crippen LogP contribution is 2.44. The Hall–Kier alpha value is -1.06. The summed E-state index contributed by atoms with van der Waals surface area (Å²) in [6.07, 6.45) is 8.66. The lowest BCUT2D eigenvalue weighted by molar-refractivity contribution is -0.157. The largest absolute Gasteiger partial charge is 0.481 e. The van der Waals surface area contributed by atoms with Gasteiger partial charge in [0.25, 0.3) is 0 Å². The lowest BCUT2D eigenvalue weighted by atomic mass is 9.66. The third-order valence-corrected chi connectivity index (χ3v) is 4.61. The first-order valence-corrected chi connectivity index (χ1v) is 7.12. The molecular weight excluding hydrogens is 230 g/mol. The Balaban J connectivity index is 1.66. The van der Waals surface area contributed by atoms with Gasteiger partial charge in [-0.1, -0.05) is 32.1 Å². The molecule has 102 valence electrons. The fourth-order valence-corrected chi connectivity index (χ4v) is 3.15. The van der Waals surface area contributed by atoms with E-state index in [2.05, 4.69) is 5.32 Å². The van der Waals surface area contributed by atoms with Gasteiger partial charge in [-0.2, -0.15) is 0 Å². The van der Waals surface area contributed by atoms with Crippen molar-refractivity contribution in [3.63, 3.8) is 0 Å². The van der Waals surface area contributed by atoms with E-state index in [1.165, 1.54) is 25.7 Å². The average molecular weight is 253 g/mol. The van der Waals surface area contributed by atoms with Gasteiger partial charge >= 0.3 is 5.97 Å². The van der Waals surface area contributed by atoms with E-state index >= 15 is 0 Å². The van der Waals surface area contributed by atoms with Gasteiger partial charge in [0.1, 0.15) is 0 Å². The third kappa shape index (κ3) is 3.03. The summed E-state index contributed by atoms with van der Waals surface area (Å²) in [5.74, 6) is -0.128. The molecule has 0 aromatic rings. The summed E-state index contributed by atoms with van der Waals surface area (Å²) in [5, 5.41) is 12.0. The maximum Gasteiger partial charge on any atom is 0.310 e. The molecular formula is C14H23NO3. The highest BCUT2D eigenvalue weighted by molar-refractivity contribution is 5.85. The van der Waals surface area contributed by atoms with Crippen molar-refractivity contribution < 1.29 is 14.7 Å². The number of carboxylic acid groups (broad SMARTS) is 1. The number of hydrogen-bond acceptors (Lipinski definition) is 2. The molecule has 0 saturated heterocycles. The second-order valence-electron chi connectivity index (χ2n) is 5.90. The van der Waals surface area contributed by atoms with Crippen molar-refractivity contribution in [2.45, 2.75) is 57.8 Å². The number of rotatable bonds is 6. The van der Waals surface area contributed by atoms with Crippen LogP contribution in [0.5, 0.6) is 0 Å². The molecule has 4 nitrogen and oxygen atoms in total. The zero-order chi connectivity index (χ0) is 13.0.